The number of rotatable bonds is 6. The first-order chi connectivity index (χ1) is 16.3. The van der Waals surface area contributed by atoms with Gasteiger partial charge in [0, 0.05) is 25.2 Å². The highest BCUT2D eigenvalue weighted by Crippen LogP contribution is 2.45. The molecule has 0 aliphatic carbocycles. The van der Waals surface area contributed by atoms with Gasteiger partial charge in [0.2, 0.25) is 11.5 Å². The van der Waals surface area contributed by atoms with E-state index in [4.69, 9.17) is 18.9 Å². The molecule has 0 radical (unpaired) electrons. The quantitative estimate of drug-likeness (QED) is 0.610. The maximum atomic E-state index is 13.4. The number of piperidine rings is 1. The van der Waals surface area contributed by atoms with Gasteiger partial charge >= 0.3 is 0 Å². The molecule has 4 rings (SSSR count). The zero-order valence-electron chi connectivity index (χ0n) is 20.7. The van der Waals surface area contributed by atoms with Crippen molar-refractivity contribution in [1.29, 1.82) is 0 Å². The minimum atomic E-state index is -0.217. The van der Waals surface area contributed by atoms with E-state index in [-0.39, 0.29) is 17.3 Å². The number of benzene rings is 2. The van der Waals surface area contributed by atoms with Gasteiger partial charge in [-0.2, -0.15) is 0 Å². The van der Waals surface area contributed by atoms with Crippen LogP contribution in [0.15, 0.2) is 24.0 Å². The van der Waals surface area contributed by atoms with Crippen LogP contribution in [-0.4, -0.2) is 50.2 Å². The summed E-state index contributed by atoms with van der Waals surface area (Å²) in [5.41, 5.74) is 2.46. The summed E-state index contributed by atoms with van der Waals surface area (Å²) in [6, 6.07) is 5.20. The van der Waals surface area contributed by atoms with Gasteiger partial charge in [-0.1, -0.05) is 13.8 Å². The summed E-state index contributed by atoms with van der Waals surface area (Å²) in [6.07, 6.45) is 2.85. The summed E-state index contributed by atoms with van der Waals surface area (Å²) in [5, 5.41) is 10.8. The number of aryl methyl sites for hydroxylation is 1. The van der Waals surface area contributed by atoms with Crippen molar-refractivity contribution >= 4 is 11.9 Å². The van der Waals surface area contributed by atoms with Crippen LogP contribution in [0.1, 0.15) is 47.3 Å². The summed E-state index contributed by atoms with van der Waals surface area (Å²) in [7, 11) is 4.62. The van der Waals surface area contributed by atoms with Crippen LogP contribution in [0.2, 0.25) is 0 Å². The van der Waals surface area contributed by atoms with E-state index in [1.54, 1.807) is 31.4 Å². The summed E-state index contributed by atoms with van der Waals surface area (Å²) >= 11 is 0. The molecule has 0 aromatic heterocycles. The molecule has 0 bridgehead atoms. The molecule has 0 spiro atoms. The Bertz CT molecular complexity index is 1130. The van der Waals surface area contributed by atoms with Crippen molar-refractivity contribution in [2.45, 2.75) is 33.7 Å². The smallest absolute Gasteiger partial charge is 0.232 e. The van der Waals surface area contributed by atoms with Crippen molar-refractivity contribution in [3.05, 3.63) is 46.2 Å². The summed E-state index contributed by atoms with van der Waals surface area (Å²) in [6.45, 7) is 8.74. The second-order valence-corrected chi connectivity index (χ2v) is 9.40. The average molecular weight is 468 g/mol. The van der Waals surface area contributed by atoms with Gasteiger partial charge in [0.15, 0.2) is 17.3 Å². The lowest BCUT2D eigenvalue weighted by molar-refractivity contribution is 0.101. The molecule has 182 valence electrons. The number of fused-ring (bicyclic) bond motifs is 1. The molecule has 2 aromatic rings. The van der Waals surface area contributed by atoms with Crippen LogP contribution in [0.25, 0.3) is 6.08 Å². The first-order valence-electron chi connectivity index (χ1n) is 11.6. The van der Waals surface area contributed by atoms with Crippen molar-refractivity contribution in [2.24, 2.45) is 11.8 Å². The van der Waals surface area contributed by atoms with E-state index in [0.29, 0.717) is 63.6 Å². The molecule has 2 heterocycles. The fourth-order valence-corrected chi connectivity index (χ4v) is 5.26. The Hall–Kier alpha value is -3.19. The maximum Gasteiger partial charge on any atom is 0.232 e. The highest BCUT2D eigenvalue weighted by Gasteiger charge is 2.35. The first-order valence-corrected chi connectivity index (χ1v) is 11.6. The van der Waals surface area contributed by atoms with Crippen molar-refractivity contribution in [3.63, 3.8) is 0 Å². The van der Waals surface area contributed by atoms with Gasteiger partial charge in [-0.3, -0.25) is 9.69 Å². The second-order valence-electron chi connectivity index (χ2n) is 9.40. The average Bonchev–Trinajstić information content (AvgIpc) is 3.11. The lowest BCUT2D eigenvalue weighted by Gasteiger charge is -2.35. The Morgan fingerprint density at radius 1 is 1.09 bits per heavy atom. The minimum Gasteiger partial charge on any atom is -0.507 e. The molecule has 7 heteroatoms. The normalized spacial score (nSPS) is 21.4. The molecular formula is C27H33NO6. The number of allylic oxidation sites excluding steroid dienone is 1. The Labute approximate surface area is 200 Å². The van der Waals surface area contributed by atoms with Gasteiger partial charge in [-0.25, -0.2) is 0 Å². The number of phenolic OH excluding ortho intramolecular Hbond substituents is 1. The molecule has 0 saturated carbocycles. The van der Waals surface area contributed by atoms with Gasteiger partial charge in [-0.05, 0) is 55.0 Å². The standard InChI is InChI=1S/C27H33NO6/c1-15-9-16(2)13-28(12-15)14-19-20(29)10-17(3)23-24(30)22(34-26(19)23)11-18-7-8-21(31-4)27(33-6)25(18)32-5/h7-8,10-11,15-16,29H,9,12-14H2,1-6H3/b22-11+. The number of Topliss-reactive ketones (excluding diaryl/α,β-unsaturated/α-hetero) is 1. The molecule has 2 unspecified atom stereocenters. The molecule has 0 amide bonds. The molecule has 1 fully saturated rings. The number of methoxy groups -OCH3 is 3. The van der Waals surface area contributed by atoms with E-state index in [0.717, 1.165) is 13.1 Å². The molecule has 2 aromatic carbocycles. The first kappa shape index (κ1) is 24.0. The number of hydrogen-bond donors (Lipinski definition) is 1. The highest BCUT2D eigenvalue weighted by atomic mass is 16.5. The predicted molar refractivity (Wildman–Crippen MR) is 130 cm³/mol. The Morgan fingerprint density at radius 2 is 1.76 bits per heavy atom. The van der Waals surface area contributed by atoms with E-state index in [1.807, 2.05) is 6.92 Å². The van der Waals surface area contributed by atoms with Crippen LogP contribution >= 0.6 is 0 Å². The fourth-order valence-electron chi connectivity index (χ4n) is 5.26. The van der Waals surface area contributed by atoms with Crippen molar-refractivity contribution in [1.82, 2.24) is 4.90 Å². The van der Waals surface area contributed by atoms with Crippen molar-refractivity contribution in [2.75, 3.05) is 34.4 Å². The number of ketones is 1. The van der Waals surface area contributed by atoms with Gasteiger partial charge in [0.1, 0.15) is 11.5 Å². The predicted octanol–water partition coefficient (Wildman–Crippen LogP) is 4.82. The topological polar surface area (TPSA) is 77.5 Å². The number of carbonyl (C=O) groups excluding carboxylic acids is 1. The highest BCUT2D eigenvalue weighted by molar-refractivity contribution is 6.16. The Morgan fingerprint density at radius 3 is 2.38 bits per heavy atom. The zero-order chi connectivity index (χ0) is 24.6. The minimum absolute atomic E-state index is 0.153. The lowest BCUT2D eigenvalue weighted by Crippen LogP contribution is -2.38. The van der Waals surface area contributed by atoms with Crippen molar-refractivity contribution < 1.29 is 28.8 Å². The number of ether oxygens (including phenoxy) is 4. The van der Waals surface area contributed by atoms with Crippen molar-refractivity contribution in [3.8, 4) is 28.7 Å². The largest absolute Gasteiger partial charge is 0.507 e. The molecule has 7 nitrogen and oxygen atoms in total. The van der Waals surface area contributed by atoms with E-state index in [2.05, 4.69) is 18.7 Å². The fraction of sp³-hybridized carbons (Fsp3) is 0.444. The summed E-state index contributed by atoms with van der Waals surface area (Å²) in [4.78, 5) is 15.7. The molecule has 1 saturated heterocycles. The third kappa shape index (κ3) is 4.32. The second kappa shape index (κ2) is 9.58. The van der Waals surface area contributed by atoms with E-state index < -0.39 is 0 Å². The van der Waals surface area contributed by atoms with Gasteiger partial charge < -0.3 is 24.1 Å². The molecule has 2 aliphatic rings. The number of aromatic hydroxyl groups is 1. The SMILES string of the molecule is COc1ccc(/C=C2/Oc3c(CN4CC(C)CC(C)C4)c(O)cc(C)c3C2=O)c(OC)c1OC. The Kier molecular flexibility index (Phi) is 6.75. The van der Waals surface area contributed by atoms with Crippen LogP contribution < -0.4 is 18.9 Å². The number of nitrogens with zero attached hydrogens (tertiary/aromatic N) is 1. The van der Waals surface area contributed by atoms with E-state index in [1.165, 1.54) is 20.6 Å². The molecule has 2 atom stereocenters. The van der Waals surface area contributed by atoms with E-state index >= 15 is 0 Å². The number of phenols is 1. The maximum absolute atomic E-state index is 13.4. The monoisotopic (exact) mass is 467 g/mol. The van der Waals surface area contributed by atoms with Gasteiger partial charge in [-0.15, -0.1) is 0 Å². The molecule has 34 heavy (non-hydrogen) atoms. The van der Waals surface area contributed by atoms with Crippen LogP contribution in [0, 0.1) is 18.8 Å². The van der Waals surface area contributed by atoms with Crippen LogP contribution in [0.4, 0.5) is 0 Å². The number of hydrogen-bond acceptors (Lipinski definition) is 7. The third-order valence-electron chi connectivity index (χ3n) is 6.57. The number of carbonyl (C=O) groups is 1. The molecule has 1 N–H and O–H groups in total. The zero-order valence-corrected chi connectivity index (χ0v) is 20.7. The van der Waals surface area contributed by atoms with Crippen LogP contribution in [0.5, 0.6) is 28.7 Å². The molecule has 2 aliphatic heterocycles. The van der Waals surface area contributed by atoms with Gasteiger partial charge in [0.05, 0.1) is 32.5 Å². The number of likely N-dealkylation sites (tertiary alicyclic amines) is 1. The molecular weight excluding hydrogens is 434 g/mol. The van der Waals surface area contributed by atoms with Crippen LogP contribution in [-0.2, 0) is 6.54 Å². The summed E-state index contributed by atoms with van der Waals surface area (Å²) < 4.78 is 22.5. The summed E-state index contributed by atoms with van der Waals surface area (Å²) in [5.74, 6) is 3.13. The Balaban J connectivity index is 1.73. The van der Waals surface area contributed by atoms with E-state index in [9.17, 15) is 9.90 Å². The van der Waals surface area contributed by atoms with Gasteiger partial charge in [0.25, 0.3) is 0 Å². The third-order valence-corrected chi connectivity index (χ3v) is 6.57. The lowest BCUT2D eigenvalue weighted by atomic mass is 9.91. The van der Waals surface area contributed by atoms with Crippen LogP contribution in [0.3, 0.4) is 0 Å².